The van der Waals surface area contributed by atoms with Crippen LogP contribution in [0.15, 0.2) is 75.9 Å². The van der Waals surface area contributed by atoms with Gasteiger partial charge in [0.25, 0.3) is 0 Å². The standard InChI is InChI=1S/C24H18FNO3/c1-15-23-17(13-26(14-28-23)19-9-7-18(25)8-10-19)11-21-20(12-22(27)29-24(15)21)16-5-3-2-4-6-16/h2-12H,13-14H2,1H3. The second-order valence-corrected chi connectivity index (χ2v) is 7.16. The minimum Gasteiger partial charge on any atom is -0.472 e. The van der Waals surface area contributed by atoms with Crippen LogP contribution in [0, 0.1) is 12.7 Å². The van der Waals surface area contributed by atoms with Crippen LogP contribution in [-0.4, -0.2) is 6.73 Å². The topological polar surface area (TPSA) is 42.7 Å². The van der Waals surface area contributed by atoms with Gasteiger partial charge in [-0.15, -0.1) is 0 Å². The van der Waals surface area contributed by atoms with E-state index in [1.807, 2.05) is 48.2 Å². The van der Waals surface area contributed by atoms with Gasteiger partial charge in [-0.1, -0.05) is 30.3 Å². The van der Waals surface area contributed by atoms with E-state index in [-0.39, 0.29) is 11.4 Å². The lowest BCUT2D eigenvalue weighted by Gasteiger charge is -2.32. The SMILES string of the molecule is Cc1c2c(cc3c(-c4ccccc4)cc(=O)oc13)CN(c1ccc(F)cc1)CO2. The maximum Gasteiger partial charge on any atom is 0.336 e. The summed E-state index contributed by atoms with van der Waals surface area (Å²) >= 11 is 0. The maximum absolute atomic E-state index is 13.3. The highest BCUT2D eigenvalue weighted by Crippen LogP contribution is 2.39. The van der Waals surface area contributed by atoms with Gasteiger partial charge >= 0.3 is 5.63 Å². The lowest BCUT2D eigenvalue weighted by atomic mass is 9.97. The van der Waals surface area contributed by atoms with Crippen LogP contribution in [0.4, 0.5) is 10.1 Å². The fraction of sp³-hybridized carbons (Fsp3) is 0.125. The van der Waals surface area contributed by atoms with E-state index in [0.717, 1.165) is 39.1 Å². The molecule has 3 aromatic carbocycles. The number of hydrogen-bond acceptors (Lipinski definition) is 4. The predicted octanol–water partition coefficient (Wildman–Crippen LogP) is 5.26. The van der Waals surface area contributed by atoms with Crippen LogP contribution in [0.25, 0.3) is 22.1 Å². The number of halogens is 1. The monoisotopic (exact) mass is 387 g/mol. The molecule has 0 spiro atoms. The quantitative estimate of drug-likeness (QED) is 0.440. The minimum atomic E-state index is -0.386. The molecule has 0 unspecified atom stereocenters. The molecule has 29 heavy (non-hydrogen) atoms. The van der Waals surface area contributed by atoms with E-state index in [0.29, 0.717) is 18.9 Å². The second-order valence-electron chi connectivity index (χ2n) is 7.16. The van der Waals surface area contributed by atoms with Crippen molar-refractivity contribution in [3.8, 4) is 16.9 Å². The van der Waals surface area contributed by atoms with Gasteiger partial charge in [-0.05, 0) is 48.4 Å². The van der Waals surface area contributed by atoms with Gasteiger partial charge in [0.1, 0.15) is 17.1 Å². The maximum atomic E-state index is 13.3. The van der Waals surface area contributed by atoms with Gasteiger partial charge < -0.3 is 14.1 Å². The van der Waals surface area contributed by atoms with Crippen molar-refractivity contribution in [1.29, 1.82) is 0 Å². The molecule has 144 valence electrons. The van der Waals surface area contributed by atoms with Crippen LogP contribution in [0.2, 0.25) is 0 Å². The van der Waals surface area contributed by atoms with Gasteiger partial charge in [-0.2, -0.15) is 0 Å². The highest BCUT2D eigenvalue weighted by atomic mass is 19.1. The number of anilines is 1. The van der Waals surface area contributed by atoms with Crippen LogP contribution in [-0.2, 0) is 6.54 Å². The number of ether oxygens (including phenoxy) is 1. The lowest BCUT2D eigenvalue weighted by molar-refractivity contribution is 0.287. The third kappa shape index (κ3) is 3.05. The largest absolute Gasteiger partial charge is 0.472 e. The summed E-state index contributed by atoms with van der Waals surface area (Å²) in [5.41, 5.74) is 4.65. The molecule has 0 radical (unpaired) electrons. The summed E-state index contributed by atoms with van der Waals surface area (Å²) in [5.74, 6) is 0.473. The zero-order valence-electron chi connectivity index (χ0n) is 15.8. The smallest absolute Gasteiger partial charge is 0.336 e. The average molecular weight is 387 g/mol. The molecule has 4 nitrogen and oxygen atoms in total. The van der Waals surface area contributed by atoms with Gasteiger partial charge in [0.05, 0.1) is 0 Å². The molecule has 4 aromatic rings. The van der Waals surface area contributed by atoms with Gasteiger partial charge in [0.15, 0.2) is 6.73 Å². The summed E-state index contributed by atoms with van der Waals surface area (Å²) in [6.45, 7) is 2.87. The fourth-order valence-electron chi connectivity index (χ4n) is 3.89. The molecule has 0 saturated heterocycles. The molecular formula is C24H18FNO3. The van der Waals surface area contributed by atoms with Crippen molar-refractivity contribution < 1.29 is 13.5 Å². The Morgan fingerprint density at radius 1 is 1.00 bits per heavy atom. The van der Waals surface area contributed by atoms with Crippen molar-refractivity contribution >= 4 is 16.7 Å². The number of rotatable bonds is 2. The first-order valence-electron chi connectivity index (χ1n) is 9.39. The van der Waals surface area contributed by atoms with Gasteiger partial charge in [0, 0.05) is 34.8 Å². The molecule has 0 fully saturated rings. The number of aryl methyl sites for hydroxylation is 1. The van der Waals surface area contributed by atoms with E-state index in [4.69, 9.17) is 9.15 Å². The normalized spacial score (nSPS) is 13.2. The minimum absolute atomic E-state index is 0.267. The van der Waals surface area contributed by atoms with Gasteiger partial charge in [0.2, 0.25) is 0 Å². The number of fused-ring (bicyclic) bond motifs is 2. The Morgan fingerprint density at radius 2 is 1.76 bits per heavy atom. The van der Waals surface area contributed by atoms with E-state index in [1.165, 1.54) is 18.2 Å². The molecule has 0 N–H and O–H groups in total. The molecule has 0 atom stereocenters. The Labute approximate surface area is 166 Å². The molecule has 0 aliphatic carbocycles. The number of nitrogens with zero attached hydrogens (tertiary/aromatic N) is 1. The summed E-state index contributed by atoms with van der Waals surface area (Å²) in [5, 5.41) is 0.872. The van der Waals surface area contributed by atoms with Crippen LogP contribution >= 0.6 is 0 Å². The summed E-state index contributed by atoms with van der Waals surface area (Å²) in [7, 11) is 0. The van der Waals surface area contributed by atoms with Crippen molar-refractivity contribution in [3.63, 3.8) is 0 Å². The highest BCUT2D eigenvalue weighted by molar-refractivity contribution is 5.96. The molecule has 5 rings (SSSR count). The highest BCUT2D eigenvalue weighted by Gasteiger charge is 2.23. The van der Waals surface area contributed by atoms with Crippen molar-refractivity contribution in [1.82, 2.24) is 0 Å². The van der Waals surface area contributed by atoms with Crippen LogP contribution in [0.3, 0.4) is 0 Å². The summed E-state index contributed by atoms with van der Waals surface area (Å²) < 4.78 is 24.8. The predicted molar refractivity (Wildman–Crippen MR) is 111 cm³/mol. The zero-order chi connectivity index (χ0) is 20.0. The van der Waals surface area contributed by atoms with E-state index in [1.54, 1.807) is 12.1 Å². The van der Waals surface area contributed by atoms with Crippen LogP contribution in [0.5, 0.6) is 5.75 Å². The van der Waals surface area contributed by atoms with E-state index < -0.39 is 0 Å². The average Bonchev–Trinajstić information content (AvgIpc) is 2.75. The Balaban J connectivity index is 1.66. The fourth-order valence-corrected chi connectivity index (χ4v) is 3.89. The van der Waals surface area contributed by atoms with Crippen molar-refractivity contribution in [2.45, 2.75) is 13.5 Å². The van der Waals surface area contributed by atoms with E-state index in [9.17, 15) is 9.18 Å². The molecule has 1 aliphatic rings. The first-order valence-corrected chi connectivity index (χ1v) is 9.39. The van der Waals surface area contributed by atoms with Crippen molar-refractivity contribution in [3.05, 3.63) is 94.1 Å². The first kappa shape index (κ1) is 17.5. The lowest BCUT2D eigenvalue weighted by Crippen LogP contribution is -2.32. The number of hydrogen-bond donors (Lipinski definition) is 0. The Bertz CT molecular complexity index is 1260. The Morgan fingerprint density at radius 3 is 2.52 bits per heavy atom. The van der Waals surface area contributed by atoms with Crippen molar-refractivity contribution in [2.24, 2.45) is 0 Å². The van der Waals surface area contributed by atoms with Crippen LogP contribution < -0.4 is 15.3 Å². The molecular weight excluding hydrogens is 369 g/mol. The molecule has 0 amide bonds. The zero-order valence-corrected chi connectivity index (χ0v) is 15.8. The third-order valence-electron chi connectivity index (χ3n) is 5.29. The molecule has 1 aliphatic heterocycles. The third-order valence-corrected chi connectivity index (χ3v) is 5.29. The molecule has 0 bridgehead atoms. The number of benzene rings is 3. The molecule has 0 saturated carbocycles. The molecule has 5 heteroatoms. The second kappa shape index (κ2) is 6.78. The van der Waals surface area contributed by atoms with E-state index >= 15 is 0 Å². The molecule has 2 heterocycles. The van der Waals surface area contributed by atoms with Gasteiger partial charge in [-0.3, -0.25) is 0 Å². The summed E-state index contributed by atoms with van der Waals surface area (Å²) in [6, 6.07) is 19.7. The van der Waals surface area contributed by atoms with Crippen LogP contribution in [0.1, 0.15) is 11.1 Å². The van der Waals surface area contributed by atoms with Gasteiger partial charge in [-0.25, -0.2) is 9.18 Å². The molecule has 1 aromatic heterocycles. The summed E-state index contributed by atoms with van der Waals surface area (Å²) in [4.78, 5) is 14.3. The van der Waals surface area contributed by atoms with Crippen molar-refractivity contribution in [2.75, 3.05) is 11.6 Å². The van der Waals surface area contributed by atoms with E-state index in [2.05, 4.69) is 0 Å². The summed E-state index contributed by atoms with van der Waals surface area (Å²) in [6.07, 6.45) is 0. The first-order chi connectivity index (χ1) is 14.1. The Hall–Kier alpha value is -3.60. The Kier molecular flexibility index (Phi) is 4.09.